The van der Waals surface area contributed by atoms with Gasteiger partial charge in [0.1, 0.15) is 11.8 Å². The lowest BCUT2D eigenvalue weighted by atomic mass is 9.76. The maximum atomic E-state index is 12.6. The minimum Gasteiger partial charge on any atom is -0.493 e. The zero-order valence-electron chi connectivity index (χ0n) is 22.9. The number of unbranched alkanes of at least 4 members (excludes halogenated alkanes) is 1. The second-order valence-corrected chi connectivity index (χ2v) is 11.8. The quantitative estimate of drug-likeness (QED) is 0.197. The van der Waals surface area contributed by atoms with Crippen LogP contribution in [0.25, 0.3) is 0 Å². The Bertz CT molecular complexity index is 824. The highest BCUT2D eigenvalue weighted by Gasteiger charge is 2.28. The van der Waals surface area contributed by atoms with Crippen LogP contribution in [0.4, 0.5) is 0 Å². The van der Waals surface area contributed by atoms with E-state index in [1.54, 1.807) is 0 Å². The molecule has 2 N–H and O–H groups in total. The van der Waals surface area contributed by atoms with Crippen LogP contribution in [0, 0.1) is 5.92 Å². The maximum absolute atomic E-state index is 12.6. The normalized spacial score (nSPS) is 13.9. The summed E-state index contributed by atoms with van der Waals surface area (Å²) < 4.78 is 6.22. The van der Waals surface area contributed by atoms with E-state index >= 15 is 0 Å². The molecule has 1 aromatic rings. The number of carbonyl (C=O) groups excluding carboxylic acids is 2. The molecule has 0 radical (unpaired) electrons. The standard InChI is InChI=1S/C28H46Cl2N2O3/c1-9-19(4)23(32-26(34)24(29)30)25(33)31-16-12-13-17-35-22-15-14-20(27(5,6)10-2)18-21(22)28(7,8)11-3/h14-15,18-19,23-24H,9-13,16-17H2,1-8H3,(H,31,33)(H,32,34). The number of halogens is 2. The van der Waals surface area contributed by atoms with Crippen molar-refractivity contribution in [3.63, 3.8) is 0 Å². The first-order chi connectivity index (χ1) is 16.3. The number of benzene rings is 1. The van der Waals surface area contributed by atoms with Gasteiger partial charge in [-0.2, -0.15) is 0 Å². The Morgan fingerprint density at radius 3 is 2.14 bits per heavy atom. The van der Waals surface area contributed by atoms with Crippen molar-refractivity contribution in [1.29, 1.82) is 0 Å². The minimum atomic E-state index is -1.20. The number of ether oxygens (including phenoxy) is 1. The Morgan fingerprint density at radius 1 is 0.971 bits per heavy atom. The molecule has 0 saturated carbocycles. The van der Waals surface area contributed by atoms with Crippen molar-refractivity contribution in [3.05, 3.63) is 29.3 Å². The lowest BCUT2D eigenvalue weighted by molar-refractivity contribution is -0.129. The molecule has 1 rings (SSSR count). The summed E-state index contributed by atoms with van der Waals surface area (Å²) in [7, 11) is 0. The van der Waals surface area contributed by atoms with Gasteiger partial charge in [0.05, 0.1) is 6.61 Å². The van der Waals surface area contributed by atoms with Crippen LogP contribution in [0.5, 0.6) is 5.75 Å². The number of carbonyl (C=O) groups is 2. The summed E-state index contributed by atoms with van der Waals surface area (Å²) in [5.41, 5.74) is 2.72. The zero-order chi connectivity index (χ0) is 26.8. The molecule has 0 saturated heterocycles. The average Bonchev–Trinajstić information content (AvgIpc) is 2.83. The Labute approximate surface area is 223 Å². The topological polar surface area (TPSA) is 67.4 Å². The van der Waals surface area contributed by atoms with E-state index in [2.05, 4.69) is 70.4 Å². The molecule has 0 aromatic heterocycles. The molecule has 0 aliphatic rings. The third-order valence-corrected chi connectivity index (χ3v) is 7.77. The molecule has 7 heteroatoms. The van der Waals surface area contributed by atoms with E-state index in [4.69, 9.17) is 27.9 Å². The first kappa shape index (κ1) is 31.6. The van der Waals surface area contributed by atoms with Gasteiger partial charge in [-0.1, -0.05) is 97.1 Å². The highest BCUT2D eigenvalue weighted by Crippen LogP contribution is 2.38. The number of nitrogens with one attached hydrogen (secondary N) is 2. The monoisotopic (exact) mass is 528 g/mol. The van der Waals surface area contributed by atoms with Crippen molar-refractivity contribution in [2.45, 2.75) is 109 Å². The van der Waals surface area contributed by atoms with Crippen LogP contribution in [0.15, 0.2) is 18.2 Å². The molecule has 2 amide bonds. The van der Waals surface area contributed by atoms with Crippen molar-refractivity contribution in [1.82, 2.24) is 10.6 Å². The minimum absolute atomic E-state index is 0.0175. The van der Waals surface area contributed by atoms with Crippen LogP contribution in [0.3, 0.4) is 0 Å². The van der Waals surface area contributed by atoms with Gasteiger partial charge in [-0.25, -0.2) is 0 Å². The summed E-state index contributed by atoms with van der Waals surface area (Å²) in [5.74, 6) is 0.133. The van der Waals surface area contributed by atoms with Crippen molar-refractivity contribution < 1.29 is 14.3 Å². The summed E-state index contributed by atoms with van der Waals surface area (Å²) in [6, 6.07) is 5.96. The molecule has 0 fully saturated rings. The van der Waals surface area contributed by atoms with Crippen LogP contribution in [0.2, 0.25) is 0 Å². The fourth-order valence-corrected chi connectivity index (χ4v) is 3.78. The maximum Gasteiger partial charge on any atom is 0.253 e. The average molecular weight is 530 g/mol. The lowest BCUT2D eigenvalue weighted by Gasteiger charge is -2.30. The van der Waals surface area contributed by atoms with E-state index in [1.165, 1.54) is 11.1 Å². The van der Waals surface area contributed by atoms with E-state index in [-0.39, 0.29) is 22.7 Å². The molecule has 0 aliphatic carbocycles. The predicted octanol–water partition coefficient (Wildman–Crippen LogP) is 6.67. The van der Waals surface area contributed by atoms with Gasteiger partial charge < -0.3 is 15.4 Å². The van der Waals surface area contributed by atoms with Gasteiger partial charge in [0.25, 0.3) is 5.91 Å². The van der Waals surface area contributed by atoms with Crippen molar-refractivity contribution >= 4 is 35.0 Å². The summed E-state index contributed by atoms with van der Waals surface area (Å²) in [6.45, 7) is 18.5. The highest BCUT2D eigenvalue weighted by molar-refractivity contribution is 6.53. The Morgan fingerprint density at radius 2 is 1.60 bits per heavy atom. The van der Waals surface area contributed by atoms with E-state index in [0.29, 0.717) is 13.2 Å². The van der Waals surface area contributed by atoms with Gasteiger partial charge in [0.2, 0.25) is 5.91 Å². The molecular formula is C28H46Cl2N2O3. The van der Waals surface area contributed by atoms with Gasteiger partial charge in [-0.15, -0.1) is 0 Å². The molecule has 35 heavy (non-hydrogen) atoms. The van der Waals surface area contributed by atoms with Crippen LogP contribution in [0.1, 0.15) is 98.6 Å². The van der Waals surface area contributed by atoms with Gasteiger partial charge >= 0.3 is 0 Å². The molecule has 2 unspecified atom stereocenters. The largest absolute Gasteiger partial charge is 0.493 e. The zero-order valence-corrected chi connectivity index (χ0v) is 24.4. The number of hydrogen-bond donors (Lipinski definition) is 2. The van der Waals surface area contributed by atoms with Crippen LogP contribution >= 0.6 is 23.2 Å². The van der Waals surface area contributed by atoms with E-state index in [0.717, 1.165) is 37.9 Å². The Balaban J connectivity index is 2.69. The van der Waals surface area contributed by atoms with E-state index in [1.807, 2.05) is 13.8 Å². The van der Waals surface area contributed by atoms with Gasteiger partial charge in [0, 0.05) is 12.1 Å². The van der Waals surface area contributed by atoms with Crippen LogP contribution < -0.4 is 15.4 Å². The predicted molar refractivity (Wildman–Crippen MR) is 148 cm³/mol. The lowest BCUT2D eigenvalue weighted by Crippen LogP contribution is -2.51. The third-order valence-electron chi connectivity index (χ3n) is 7.38. The van der Waals surface area contributed by atoms with E-state index in [9.17, 15) is 9.59 Å². The Kier molecular flexibility index (Phi) is 12.9. The third kappa shape index (κ3) is 9.49. The summed E-state index contributed by atoms with van der Waals surface area (Å²) in [4.78, 5) is 23.3. The molecule has 0 bridgehead atoms. The van der Waals surface area contributed by atoms with Crippen LogP contribution in [-0.4, -0.2) is 35.8 Å². The Hall–Kier alpha value is -1.46. The summed E-state index contributed by atoms with van der Waals surface area (Å²) in [6.07, 6.45) is 4.42. The molecule has 5 nitrogen and oxygen atoms in total. The molecule has 1 aromatic carbocycles. The molecule has 0 spiro atoms. The SMILES string of the molecule is CCC(C)C(NC(=O)C(Cl)Cl)C(=O)NCCCCOc1ccc(C(C)(C)CC)cc1C(C)(C)CC. The number of rotatable bonds is 15. The highest BCUT2D eigenvalue weighted by atomic mass is 35.5. The smallest absolute Gasteiger partial charge is 0.253 e. The fraction of sp³-hybridized carbons (Fsp3) is 0.714. The van der Waals surface area contributed by atoms with Gasteiger partial charge in [-0.3, -0.25) is 9.59 Å². The molecule has 200 valence electrons. The second-order valence-electron chi connectivity index (χ2n) is 10.7. The fourth-order valence-electron chi connectivity index (χ4n) is 3.65. The summed E-state index contributed by atoms with van der Waals surface area (Å²) >= 11 is 11.3. The van der Waals surface area contributed by atoms with Crippen molar-refractivity contribution in [2.24, 2.45) is 5.92 Å². The van der Waals surface area contributed by atoms with E-state index < -0.39 is 16.8 Å². The first-order valence-electron chi connectivity index (χ1n) is 12.9. The van der Waals surface area contributed by atoms with Gasteiger partial charge in [0.15, 0.2) is 4.84 Å². The number of hydrogen-bond acceptors (Lipinski definition) is 3. The first-order valence-corrected chi connectivity index (χ1v) is 13.8. The molecule has 0 aliphatic heterocycles. The molecule has 2 atom stereocenters. The molecular weight excluding hydrogens is 483 g/mol. The number of alkyl halides is 2. The van der Waals surface area contributed by atoms with Gasteiger partial charge in [-0.05, 0) is 54.1 Å². The van der Waals surface area contributed by atoms with Crippen molar-refractivity contribution in [3.8, 4) is 5.75 Å². The van der Waals surface area contributed by atoms with Crippen molar-refractivity contribution in [2.75, 3.05) is 13.2 Å². The summed E-state index contributed by atoms with van der Waals surface area (Å²) in [5, 5.41) is 5.57. The van der Waals surface area contributed by atoms with Crippen LogP contribution in [-0.2, 0) is 20.4 Å². The molecule has 0 heterocycles. The number of amides is 2. The second kappa shape index (κ2) is 14.3.